The van der Waals surface area contributed by atoms with Crippen LogP contribution in [0.1, 0.15) is 39.5 Å². The average Bonchev–Trinajstić information content (AvgIpc) is 2.18. The van der Waals surface area contributed by atoms with Crippen LogP contribution in [0, 0.1) is 0 Å². The maximum atomic E-state index is 3.59. The van der Waals surface area contributed by atoms with E-state index >= 15 is 0 Å². The number of nitrogens with one attached hydrogen (secondary N) is 1. The predicted octanol–water partition coefficient (Wildman–Crippen LogP) is 4.83. The molecular weight excluding hydrogens is 250 g/mol. The highest BCUT2D eigenvalue weighted by molar-refractivity contribution is 9.10. The summed E-state index contributed by atoms with van der Waals surface area (Å²) in [6, 6.07) is 9.01. The van der Waals surface area contributed by atoms with E-state index in [1.807, 2.05) is 0 Å². The summed E-state index contributed by atoms with van der Waals surface area (Å²) in [6.07, 6.45) is 4.98. The molecule has 1 N–H and O–H groups in total. The van der Waals surface area contributed by atoms with Crippen molar-refractivity contribution in [3.8, 4) is 0 Å². The number of rotatable bonds is 6. The van der Waals surface area contributed by atoms with E-state index in [9.17, 15) is 0 Å². The van der Waals surface area contributed by atoms with Gasteiger partial charge in [-0.15, -0.1) is 0 Å². The van der Waals surface area contributed by atoms with Crippen molar-refractivity contribution in [1.29, 1.82) is 0 Å². The second-order valence-corrected chi connectivity index (χ2v) is 4.84. The van der Waals surface area contributed by atoms with Gasteiger partial charge in [-0.05, 0) is 31.0 Å². The molecule has 0 saturated heterocycles. The van der Waals surface area contributed by atoms with Crippen molar-refractivity contribution in [3.05, 3.63) is 28.7 Å². The van der Waals surface area contributed by atoms with Gasteiger partial charge in [0.25, 0.3) is 0 Å². The van der Waals surface area contributed by atoms with Crippen molar-refractivity contribution in [2.24, 2.45) is 0 Å². The summed E-state index contributed by atoms with van der Waals surface area (Å²) < 4.78 is 1.14. The first kappa shape index (κ1) is 12.6. The summed E-state index contributed by atoms with van der Waals surface area (Å²) in [5.41, 5.74) is 1.22. The van der Waals surface area contributed by atoms with Crippen LogP contribution >= 0.6 is 15.9 Å². The SMILES string of the molecule is CCCC(CCC)Nc1cccc(Br)c1. The summed E-state index contributed by atoms with van der Waals surface area (Å²) in [5, 5.41) is 3.59. The molecule has 0 aliphatic carbocycles. The van der Waals surface area contributed by atoms with Crippen LogP contribution in [0.4, 0.5) is 5.69 Å². The lowest BCUT2D eigenvalue weighted by atomic mass is 10.1. The van der Waals surface area contributed by atoms with Gasteiger partial charge in [0, 0.05) is 16.2 Å². The van der Waals surface area contributed by atoms with E-state index in [1.54, 1.807) is 0 Å². The van der Waals surface area contributed by atoms with Crippen LogP contribution in [0.2, 0.25) is 0 Å². The first-order valence-corrected chi connectivity index (χ1v) is 6.57. The Bertz CT molecular complexity index is 280. The van der Waals surface area contributed by atoms with E-state index < -0.39 is 0 Å². The van der Waals surface area contributed by atoms with E-state index in [4.69, 9.17) is 0 Å². The molecule has 0 bridgehead atoms. The fraction of sp³-hybridized carbons (Fsp3) is 0.538. The molecule has 0 heterocycles. The molecule has 0 radical (unpaired) electrons. The van der Waals surface area contributed by atoms with Gasteiger partial charge in [-0.3, -0.25) is 0 Å². The van der Waals surface area contributed by atoms with Crippen molar-refractivity contribution in [2.75, 3.05) is 5.32 Å². The molecule has 0 amide bonds. The third-order valence-electron chi connectivity index (χ3n) is 2.47. The Hall–Kier alpha value is -0.500. The minimum atomic E-state index is 0.620. The van der Waals surface area contributed by atoms with Gasteiger partial charge in [0.05, 0.1) is 0 Å². The highest BCUT2D eigenvalue weighted by Crippen LogP contribution is 2.18. The Balaban J connectivity index is 2.56. The predicted molar refractivity (Wildman–Crippen MR) is 71.4 cm³/mol. The van der Waals surface area contributed by atoms with Crippen molar-refractivity contribution in [2.45, 2.75) is 45.6 Å². The fourth-order valence-electron chi connectivity index (χ4n) is 1.80. The van der Waals surface area contributed by atoms with Crippen molar-refractivity contribution < 1.29 is 0 Å². The molecule has 0 aliphatic heterocycles. The molecule has 1 rings (SSSR count). The number of halogens is 1. The maximum Gasteiger partial charge on any atom is 0.0353 e. The average molecular weight is 270 g/mol. The highest BCUT2D eigenvalue weighted by atomic mass is 79.9. The van der Waals surface area contributed by atoms with Gasteiger partial charge in [0.2, 0.25) is 0 Å². The topological polar surface area (TPSA) is 12.0 Å². The van der Waals surface area contributed by atoms with Crippen LogP contribution in [0.15, 0.2) is 28.7 Å². The lowest BCUT2D eigenvalue weighted by Gasteiger charge is -2.18. The second kappa shape index (κ2) is 6.89. The van der Waals surface area contributed by atoms with Crippen LogP contribution in [0.25, 0.3) is 0 Å². The van der Waals surface area contributed by atoms with Gasteiger partial charge in [0.1, 0.15) is 0 Å². The third kappa shape index (κ3) is 4.70. The molecule has 0 atom stereocenters. The molecule has 0 saturated carbocycles. The minimum absolute atomic E-state index is 0.620. The zero-order chi connectivity index (χ0) is 11.1. The Kier molecular flexibility index (Phi) is 5.77. The Morgan fingerprint density at radius 1 is 1.20 bits per heavy atom. The molecule has 84 valence electrons. The fourth-order valence-corrected chi connectivity index (χ4v) is 2.20. The number of hydrogen-bond donors (Lipinski definition) is 1. The standard InChI is InChI=1S/C13H20BrN/c1-3-6-12(7-4-2)15-13-9-5-8-11(14)10-13/h5,8-10,12,15H,3-4,6-7H2,1-2H3. The second-order valence-electron chi connectivity index (χ2n) is 3.93. The maximum absolute atomic E-state index is 3.59. The van der Waals surface area contributed by atoms with E-state index in [-0.39, 0.29) is 0 Å². The van der Waals surface area contributed by atoms with Gasteiger partial charge in [-0.2, -0.15) is 0 Å². The summed E-state index contributed by atoms with van der Waals surface area (Å²) >= 11 is 3.49. The Morgan fingerprint density at radius 3 is 2.40 bits per heavy atom. The van der Waals surface area contributed by atoms with Gasteiger partial charge in [0.15, 0.2) is 0 Å². The number of hydrogen-bond acceptors (Lipinski definition) is 1. The first-order valence-electron chi connectivity index (χ1n) is 5.78. The van der Waals surface area contributed by atoms with E-state index in [0.717, 1.165) is 4.47 Å². The first-order chi connectivity index (χ1) is 7.26. The van der Waals surface area contributed by atoms with Gasteiger partial charge in [-0.25, -0.2) is 0 Å². The van der Waals surface area contributed by atoms with Gasteiger partial charge >= 0.3 is 0 Å². The molecule has 15 heavy (non-hydrogen) atoms. The molecule has 2 heteroatoms. The summed E-state index contributed by atoms with van der Waals surface area (Å²) in [4.78, 5) is 0. The van der Waals surface area contributed by atoms with Crippen LogP contribution in [-0.2, 0) is 0 Å². The van der Waals surface area contributed by atoms with E-state index in [2.05, 4.69) is 59.4 Å². The monoisotopic (exact) mass is 269 g/mol. The number of anilines is 1. The normalized spacial score (nSPS) is 10.7. The largest absolute Gasteiger partial charge is 0.382 e. The van der Waals surface area contributed by atoms with Crippen molar-refractivity contribution in [1.82, 2.24) is 0 Å². The lowest BCUT2D eigenvalue weighted by molar-refractivity contribution is 0.586. The number of benzene rings is 1. The summed E-state index contributed by atoms with van der Waals surface area (Å²) in [5.74, 6) is 0. The zero-order valence-corrected chi connectivity index (χ0v) is 11.2. The molecule has 0 spiro atoms. The van der Waals surface area contributed by atoms with Gasteiger partial charge < -0.3 is 5.32 Å². The Labute approximate surface area is 101 Å². The van der Waals surface area contributed by atoms with Crippen LogP contribution in [0.3, 0.4) is 0 Å². The molecule has 1 nitrogen and oxygen atoms in total. The summed E-state index contributed by atoms with van der Waals surface area (Å²) in [7, 11) is 0. The Morgan fingerprint density at radius 2 is 1.87 bits per heavy atom. The van der Waals surface area contributed by atoms with Crippen LogP contribution in [0.5, 0.6) is 0 Å². The molecule has 1 aromatic carbocycles. The smallest absolute Gasteiger partial charge is 0.0353 e. The van der Waals surface area contributed by atoms with E-state index in [0.29, 0.717) is 6.04 Å². The lowest BCUT2D eigenvalue weighted by Crippen LogP contribution is -2.18. The molecule has 0 unspecified atom stereocenters. The minimum Gasteiger partial charge on any atom is -0.382 e. The highest BCUT2D eigenvalue weighted by Gasteiger charge is 2.05. The zero-order valence-electron chi connectivity index (χ0n) is 9.59. The molecule has 0 fully saturated rings. The van der Waals surface area contributed by atoms with Gasteiger partial charge in [-0.1, -0.05) is 48.7 Å². The van der Waals surface area contributed by atoms with Crippen molar-refractivity contribution in [3.63, 3.8) is 0 Å². The van der Waals surface area contributed by atoms with Crippen molar-refractivity contribution >= 4 is 21.6 Å². The molecule has 1 aromatic rings. The molecule has 0 aromatic heterocycles. The van der Waals surface area contributed by atoms with Crippen LogP contribution < -0.4 is 5.32 Å². The molecule has 0 aliphatic rings. The quantitative estimate of drug-likeness (QED) is 0.780. The molecular formula is C13H20BrN. The third-order valence-corrected chi connectivity index (χ3v) is 2.96. The van der Waals surface area contributed by atoms with E-state index in [1.165, 1.54) is 31.4 Å². The summed E-state index contributed by atoms with van der Waals surface area (Å²) in [6.45, 7) is 4.48. The van der Waals surface area contributed by atoms with Crippen LogP contribution in [-0.4, -0.2) is 6.04 Å².